The van der Waals surface area contributed by atoms with E-state index in [1.54, 1.807) is 37.4 Å². The van der Waals surface area contributed by atoms with Crippen molar-refractivity contribution in [2.75, 3.05) is 23.4 Å². The Morgan fingerprint density at radius 2 is 1.55 bits per heavy atom. The normalized spacial score (nSPS) is 11.0. The van der Waals surface area contributed by atoms with E-state index in [1.807, 2.05) is 36.4 Å². The van der Waals surface area contributed by atoms with Gasteiger partial charge in [-0.25, -0.2) is 8.42 Å². The fourth-order valence-electron chi connectivity index (χ4n) is 2.92. The van der Waals surface area contributed by atoms with Gasteiger partial charge >= 0.3 is 0 Å². The Labute approximate surface area is 170 Å². The number of nitrogens with one attached hydrogen (secondary N) is 2. The molecule has 0 amide bonds. The molecule has 0 spiro atoms. The van der Waals surface area contributed by atoms with E-state index in [0.717, 1.165) is 28.8 Å². The van der Waals surface area contributed by atoms with E-state index in [4.69, 9.17) is 4.74 Å². The molecule has 0 saturated carbocycles. The first-order chi connectivity index (χ1) is 13.7. The molecule has 3 rings (SSSR count). The van der Waals surface area contributed by atoms with Crippen LogP contribution in [0.25, 0.3) is 11.1 Å². The fourth-order valence-corrected chi connectivity index (χ4v) is 3.48. The van der Waals surface area contributed by atoms with E-state index >= 15 is 0 Å². The summed E-state index contributed by atoms with van der Waals surface area (Å²) in [6.45, 7) is 1.54. The number of ketones is 1. The molecule has 0 fully saturated rings. The summed E-state index contributed by atoms with van der Waals surface area (Å²) in [5.74, 6) is 0.701. The maximum Gasteiger partial charge on any atom is 0.229 e. The van der Waals surface area contributed by atoms with E-state index in [2.05, 4.69) is 10.0 Å². The molecule has 0 unspecified atom stereocenters. The number of Topliss-reactive ketones (excluding diaryl/α,β-unsaturated/α-hetero) is 1. The first-order valence-electron chi connectivity index (χ1n) is 8.89. The maximum absolute atomic E-state index is 11.7. The molecule has 0 heterocycles. The molecule has 0 aliphatic rings. The largest absolute Gasteiger partial charge is 0.496 e. The van der Waals surface area contributed by atoms with Crippen LogP contribution < -0.4 is 14.8 Å². The molecule has 0 atom stereocenters. The molecule has 29 heavy (non-hydrogen) atoms. The van der Waals surface area contributed by atoms with E-state index < -0.39 is 10.0 Å². The van der Waals surface area contributed by atoms with Gasteiger partial charge in [-0.2, -0.15) is 0 Å². The highest BCUT2D eigenvalue weighted by Crippen LogP contribution is 2.34. The minimum absolute atomic E-state index is 0.00268. The number of hydrogen-bond acceptors (Lipinski definition) is 5. The number of sulfonamides is 1. The van der Waals surface area contributed by atoms with E-state index in [9.17, 15) is 13.2 Å². The lowest BCUT2D eigenvalue weighted by Gasteiger charge is -2.14. The minimum Gasteiger partial charge on any atom is -0.496 e. The summed E-state index contributed by atoms with van der Waals surface area (Å²) < 4.78 is 30.6. The van der Waals surface area contributed by atoms with Gasteiger partial charge in [0.05, 0.1) is 13.4 Å². The number of ether oxygens (including phenoxy) is 1. The lowest BCUT2D eigenvalue weighted by molar-refractivity contribution is 0.101. The van der Waals surface area contributed by atoms with Crippen LogP contribution in [0.3, 0.4) is 0 Å². The molecule has 0 radical (unpaired) electrons. The van der Waals surface area contributed by atoms with Crippen LogP contribution in [0.15, 0.2) is 66.7 Å². The van der Waals surface area contributed by atoms with Crippen molar-refractivity contribution in [3.63, 3.8) is 0 Å². The maximum atomic E-state index is 11.7. The van der Waals surface area contributed by atoms with Crippen molar-refractivity contribution in [3.05, 3.63) is 72.3 Å². The second-order valence-corrected chi connectivity index (χ2v) is 8.38. The molecule has 0 aromatic heterocycles. The van der Waals surface area contributed by atoms with Crippen molar-refractivity contribution < 1.29 is 17.9 Å². The van der Waals surface area contributed by atoms with Crippen molar-refractivity contribution in [2.45, 2.75) is 6.92 Å². The summed E-state index contributed by atoms with van der Waals surface area (Å²) in [7, 11) is -1.71. The molecule has 3 aromatic carbocycles. The summed E-state index contributed by atoms with van der Waals surface area (Å²) in [5, 5.41) is 3.29. The average molecular weight is 410 g/mol. The number of carbonyl (C=O) groups excluding carboxylic acids is 1. The third-order valence-electron chi connectivity index (χ3n) is 4.26. The lowest BCUT2D eigenvalue weighted by atomic mass is 10.00. The van der Waals surface area contributed by atoms with Gasteiger partial charge in [0.2, 0.25) is 10.0 Å². The Morgan fingerprint density at radius 1 is 0.897 bits per heavy atom. The van der Waals surface area contributed by atoms with Gasteiger partial charge in [0.15, 0.2) is 5.78 Å². The van der Waals surface area contributed by atoms with Gasteiger partial charge in [-0.05, 0) is 61.0 Å². The topological polar surface area (TPSA) is 84.5 Å². The SMILES string of the molecule is COc1ccc(Nc2ccc(NS(C)(=O)=O)cc2)cc1-c1cccc(C(C)=O)c1. The third kappa shape index (κ3) is 5.36. The van der Waals surface area contributed by atoms with Gasteiger partial charge in [-0.3, -0.25) is 9.52 Å². The molecule has 6 nitrogen and oxygen atoms in total. The number of methoxy groups -OCH3 is 1. The average Bonchev–Trinajstić information content (AvgIpc) is 2.68. The molecule has 2 N–H and O–H groups in total. The van der Waals surface area contributed by atoms with Crippen molar-refractivity contribution >= 4 is 32.9 Å². The van der Waals surface area contributed by atoms with Crippen molar-refractivity contribution in [1.29, 1.82) is 0 Å². The van der Waals surface area contributed by atoms with Crippen LogP contribution in [0.2, 0.25) is 0 Å². The van der Waals surface area contributed by atoms with Crippen molar-refractivity contribution in [1.82, 2.24) is 0 Å². The van der Waals surface area contributed by atoms with Gasteiger partial charge in [-0.1, -0.05) is 18.2 Å². The molecular formula is C22H22N2O4S. The molecule has 0 aliphatic heterocycles. The molecule has 0 saturated heterocycles. The van der Waals surface area contributed by atoms with Crippen LogP contribution in [0, 0.1) is 0 Å². The summed E-state index contributed by atoms with van der Waals surface area (Å²) in [6, 6.07) is 20.0. The predicted octanol–water partition coefficient (Wildman–Crippen LogP) is 4.68. The molecule has 0 bridgehead atoms. The Balaban J connectivity index is 1.89. The molecule has 7 heteroatoms. The number of carbonyl (C=O) groups is 1. The predicted molar refractivity (Wildman–Crippen MR) is 117 cm³/mol. The fraction of sp³-hybridized carbons (Fsp3) is 0.136. The zero-order chi connectivity index (χ0) is 21.0. The van der Waals surface area contributed by atoms with Gasteiger partial charge in [0.1, 0.15) is 5.75 Å². The lowest BCUT2D eigenvalue weighted by Crippen LogP contribution is -2.09. The van der Waals surface area contributed by atoms with E-state index in [0.29, 0.717) is 17.0 Å². The van der Waals surface area contributed by atoms with Gasteiger partial charge < -0.3 is 10.1 Å². The summed E-state index contributed by atoms with van der Waals surface area (Å²) in [6.07, 6.45) is 1.11. The monoisotopic (exact) mass is 410 g/mol. The first-order valence-corrected chi connectivity index (χ1v) is 10.8. The van der Waals surface area contributed by atoms with E-state index in [-0.39, 0.29) is 5.78 Å². The van der Waals surface area contributed by atoms with Crippen LogP contribution in [0.4, 0.5) is 17.1 Å². The van der Waals surface area contributed by atoms with Gasteiger partial charge in [0, 0.05) is 28.2 Å². The molecular weight excluding hydrogens is 388 g/mol. The minimum atomic E-state index is -3.31. The van der Waals surface area contributed by atoms with Crippen LogP contribution in [-0.4, -0.2) is 27.6 Å². The smallest absolute Gasteiger partial charge is 0.229 e. The number of anilines is 3. The second-order valence-electron chi connectivity index (χ2n) is 6.63. The number of rotatable bonds is 7. The Morgan fingerprint density at radius 3 is 2.17 bits per heavy atom. The molecule has 0 aliphatic carbocycles. The Kier molecular flexibility index (Phi) is 5.89. The van der Waals surface area contributed by atoms with Crippen LogP contribution in [0.5, 0.6) is 5.75 Å². The highest BCUT2D eigenvalue weighted by molar-refractivity contribution is 7.92. The Hall–Kier alpha value is -3.32. The molecule has 3 aromatic rings. The summed E-state index contributed by atoms with van der Waals surface area (Å²) in [4.78, 5) is 11.7. The quantitative estimate of drug-likeness (QED) is 0.553. The van der Waals surface area contributed by atoms with Crippen LogP contribution >= 0.6 is 0 Å². The van der Waals surface area contributed by atoms with Crippen molar-refractivity contribution in [2.24, 2.45) is 0 Å². The summed E-state index contributed by atoms with van der Waals surface area (Å²) >= 11 is 0. The van der Waals surface area contributed by atoms with Crippen LogP contribution in [-0.2, 0) is 10.0 Å². The first kappa shape index (κ1) is 20.4. The van der Waals surface area contributed by atoms with Gasteiger partial charge in [0.25, 0.3) is 0 Å². The summed E-state index contributed by atoms with van der Waals surface area (Å²) in [5.41, 5.74) is 4.50. The zero-order valence-corrected chi connectivity index (χ0v) is 17.2. The third-order valence-corrected chi connectivity index (χ3v) is 4.86. The van der Waals surface area contributed by atoms with E-state index in [1.165, 1.54) is 6.92 Å². The van der Waals surface area contributed by atoms with Crippen molar-refractivity contribution in [3.8, 4) is 16.9 Å². The Bertz CT molecular complexity index is 1140. The zero-order valence-electron chi connectivity index (χ0n) is 16.4. The molecule has 150 valence electrons. The number of benzene rings is 3. The highest BCUT2D eigenvalue weighted by Gasteiger charge is 2.10. The second kappa shape index (κ2) is 8.36. The standard InChI is InChI=1S/C22H22N2O4S/c1-15(25)16-5-4-6-17(13-16)21-14-20(11-12-22(21)28-2)23-18-7-9-19(10-8-18)24-29(3,26)27/h4-14,23-24H,1-3H3. The van der Waals surface area contributed by atoms with Crippen LogP contribution in [0.1, 0.15) is 17.3 Å². The van der Waals surface area contributed by atoms with Gasteiger partial charge in [-0.15, -0.1) is 0 Å². The number of hydrogen-bond donors (Lipinski definition) is 2. The highest BCUT2D eigenvalue weighted by atomic mass is 32.2.